The molecule has 0 aliphatic rings. The maximum Gasteiger partial charge on any atom is 0.150 e. The summed E-state index contributed by atoms with van der Waals surface area (Å²) < 4.78 is 6.04. The molecule has 0 radical (unpaired) electrons. The highest BCUT2D eigenvalue weighted by Crippen LogP contribution is 2.37. The third-order valence-electron chi connectivity index (χ3n) is 5.90. The molecule has 0 N–H and O–H groups in total. The van der Waals surface area contributed by atoms with Crippen LogP contribution in [0, 0.1) is 0 Å². The monoisotopic (exact) mass is 431 g/mol. The van der Waals surface area contributed by atoms with Crippen LogP contribution in [0.25, 0.3) is 22.3 Å². The average molecular weight is 432 g/mol. The minimum absolute atomic E-state index is 0.456. The van der Waals surface area contributed by atoms with E-state index in [-0.39, 0.29) is 0 Å². The highest BCUT2D eigenvalue weighted by molar-refractivity contribution is 5.88. The van der Waals surface area contributed by atoms with Gasteiger partial charge in [0.1, 0.15) is 17.6 Å². The van der Waals surface area contributed by atoms with Gasteiger partial charge in [-0.3, -0.25) is 4.79 Å². The third-order valence-corrected chi connectivity index (χ3v) is 5.90. The summed E-state index contributed by atoms with van der Waals surface area (Å²) >= 11 is 0. The van der Waals surface area contributed by atoms with Crippen LogP contribution in [0.2, 0.25) is 0 Å². The van der Waals surface area contributed by atoms with Crippen LogP contribution in [0.1, 0.15) is 35.7 Å². The van der Waals surface area contributed by atoms with Gasteiger partial charge in [-0.1, -0.05) is 56.3 Å². The van der Waals surface area contributed by atoms with Gasteiger partial charge in [-0.2, -0.15) is 0 Å². The average Bonchev–Trinajstić information content (AvgIpc) is 3.29. The quantitative estimate of drug-likeness (QED) is 0.253. The maximum atomic E-state index is 11.1. The summed E-state index contributed by atoms with van der Waals surface area (Å²) in [6, 6.07) is 35.0. The molecule has 0 spiro atoms. The first-order valence-corrected chi connectivity index (χ1v) is 11.2. The van der Waals surface area contributed by atoms with Crippen molar-refractivity contribution in [3.8, 4) is 11.3 Å². The van der Waals surface area contributed by atoms with Gasteiger partial charge in [0, 0.05) is 33.6 Å². The molecule has 0 saturated carbocycles. The van der Waals surface area contributed by atoms with E-state index in [2.05, 4.69) is 91.5 Å². The molecule has 162 valence electrons. The highest BCUT2D eigenvalue weighted by Gasteiger charge is 2.14. The van der Waals surface area contributed by atoms with Crippen molar-refractivity contribution in [2.45, 2.75) is 19.8 Å². The van der Waals surface area contributed by atoms with Crippen LogP contribution in [-0.2, 0) is 0 Å². The molecule has 0 fully saturated rings. The Morgan fingerprint density at radius 3 is 2.18 bits per heavy atom. The lowest BCUT2D eigenvalue weighted by molar-refractivity contribution is 0.112. The number of anilines is 3. The zero-order valence-corrected chi connectivity index (χ0v) is 18.7. The lowest BCUT2D eigenvalue weighted by atomic mass is 10.0. The second kappa shape index (κ2) is 8.79. The Morgan fingerprint density at radius 1 is 0.727 bits per heavy atom. The molecular formula is C30H25NO2. The van der Waals surface area contributed by atoms with Gasteiger partial charge >= 0.3 is 0 Å². The molecule has 5 aromatic rings. The predicted molar refractivity (Wildman–Crippen MR) is 136 cm³/mol. The number of hydrogen-bond acceptors (Lipinski definition) is 3. The van der Waals surface area contributed by atoms with Crippen molar-refractivity contribution in [2.24, 2.45) is 0 Å². The Hall–Kier alpha value is -4.11. The first-order chi connectivity index (χ1) is 16.1. The smallest absolute Gasteiger partial charge is 0.150 e. The minimum Gasteiger partial charge on any atom is -0.456 e. The summed E-state index contributed by atoms with van der Waals surface area (Å²) in [5.41, 5.74) is 6.94. The van der Waals surface area contributed by atoms with E-state index in [0.29, 0.717) is 11.5 Å². The number of para-hydroxylation sites is 1. The summed E-state index contributed by atoms with van der Waals surface area (Å²) in [5, 5.41) is 0.982. The summed E-state index contributed by atoms with van der Waals surface area (Å²) in [5.74, 6) is 1.24. The topological polar surface area (TPSA) is 33.5 Å². The van der Waals surface area contributed by atoms with E-state index in [9.17, 15) is 4.79 Å². The molecule has 0 aliphatic heterocycles. The van der Waals surface area contributed by atoms with Gasteiger partial charge in [-0.05, 0) is 72.1 Å². The van der Waals surface area contributed by atoms with Crippen molar-refractivity contribution >= 4 is 34.3 Å². The van der Waals surface area contributed by atoms with Gasteiger partial charge < -0.3 is 9.32 Å². The molecule has 1 heterocycles. The van der Waals surface area contributed by atoms with Crippen molar-refractivity contribution in [1.82, 2.24) is 0 Å². The Kier molecular flexibility index (Phi) is 5.54. The molecule has 1 aromatic heterocycles. The number of carbonyl (C=O) groups is 1. The number of rotatable bonds is 6. The molecule has 0 aliphatic carbocycles. The van der Waals surface area contributed by atoms with Crippen LogP contribution in [-0.4, -0.2) is 6.29 Å². The molecular weight excluding hydrogens is 406 g/mol. The van der Waals surface area contributed by atoms with Gasteiger partial charge in [0.05, 0.1) is 0 Å². The third kappa shape index (κ3) is 4.18. The zero-order valence-electron chi connectivity index (χ0n) is 18.7. The summed E-state index contributed by atoms with van der Waals surface area (Å²) in [6.45, 7) is 4.43. The van der Waals surface area contributed by atoms with Crippen LogP contribution >= 0.6 is 0 Å². The van der Waals surface area contributed by atoms with E-state index < -0.39 is 0 Å². The molecule has 0 saturated heterocycles. The Morgan fingerprint density at radius 2 is 1.45 bits per heavy atom. The van der Waals surface area contributed by atoms with E-state index in [0.717, 1.165) is 45.6 Å². The van der Waals surface area contributed by atoms with Crippen LogP contribution in [0.5, 0.6) is 0 Å². The lowest BCUT2D eigenvalue weighted by Crippen LogP contribution is -2.10. The fourth-order valence-electron chi connectivity index (χ4n) is 4.09. The largest absolute Gasteiger partial charge is 0.456 e. The fraction of sp³-hybridized carbons (Fsp3) is 0.100. The number of aldehydes is 1. The number of carbonyl (C=O) groups excluding carboxylic acids is 1. The Balaban J connectivity index is 1.54. The van der Waals surface area contributed by atoms with Gasteiger partial charge in [0.15, 0.2) is 0 Å². The van der Waals surface area contributed by atoms with Crippen molar-refractivity contribution in [2.75, 3.05) is 4.90 Å². The van der Waals surface area contributed by atoms with Crippen molar-refractivity contribution in [1.29, 1.82) is 0 Å². The van der Waals surface area contributed by atoms with Gasteiger partial charge in [0.25, 0.3) is 0 Å². The molecule has 0 amide bonds. The van der Waals surface area contributed by atoms with Crippen molar-refractivity contribution in [3.05, 3.63) is 114 Å². The number of nitrogens with zero attached hydrogens (tertiary/aromatic N) is 1. The number of furan rings is 1. The standard InChI is InChI=1S/C30H25NO2/c1-21(2)24-7-6-10-28(18-24)31(26-8-4-3-5-9-26)27-15-13-23(14-16-27)30-19-25-12-11-22(20-32)17-29(25)33-30/h3-21H,1-2H3. The van der Waals surface area contributed by atoms with Crippen LogP contribution in [0.4, 0.5) is 17.1 Å². The zero-order chi connectivity index (χ0) is 22.8. The van der Waals surface area contributed by atoms with Crippen LogP contribution in [0.3, 0.4) is 0 Å². The Labute approximate surface area is 193 Å². The molecule has 4 aromatic carbocycles. The minimum atomic E-state index is 0.456. The van der Waals surface area contributed by atoms with E-state index in [4.69, 9.17) is 4.42 Å². The van der Waals surface area contributed by atoms with Crippen LogP contribution in [0.15, 0.2) is 108 Å². The van der Waals surface area contributed by atoms with E-state index in [1.807, 2.05) is 18.2 Å². The summed E-state index contributed by atoms with van der Waals surface area (Å²) in [7, 11) is 0. The first kappa shape index (κ1) is 20.8. The Bertz CT molecular complexity index is 1400. The normalized spacial score (nSPS) is 11.1. The fourth-order valence-corrected chi connectivity index (χ4v) is 4.09. The second-order valence-electron chi connectivity index (χ2n) is 8.49. The summed E-state index contributed by atoms with van der Waals surface area (Å²) in [6.07, 6.45) is 0.836. The highest BCUT2D eigenvalue weighted by atomic mass is 16.3. The molecule has 3 nitrogen and oxygen atoms in total. The SMILES string of the molecule is CC(C)c1cccc(N(c2ccccc2)c2ccc(-c3cc4ccc(C=O)cc4o3)cc2)c1. The molecule has 0 atom stereocenters. The molecule has 5 rings (SSSR count). The van der Waals surface area contributed by atoms with E-state index in [1.54, 1.807) is 12.1 Å². The number of fused-ring (bicyclic) bond motifs is 1. The molecule has 33 heavy (non-hydrogen) atoms. The maximum absolute atomic E-state index is 11.1. The second-order valence-corrected chi connectivity index (χ2v) is 8.49. The van der Waals surface area contributed by atoms with Gasteiger partial charge in [-0.25, -0.2) is 0 Å². The van der Waals surface area contributed by atoms with Gasteiger partial charge in [-0.15, -0.1) is 0 Å². The lowest BCUT2D eigenvalue weighted by Gasteiger charge is -2.26. The van der Waals surface area contributed by atoms with E-state index >= 15 is 0 Å². The molecule has 0 bridgehead atoms. The van der Waals surface area contributed by atoms with Crippen molar-refractivity contribution < 1.29 is 9.21 Å². The predicted octanol–water partition coefficient (Wildman–Crippen LogP) is 8.51. The molecule has 3 heteroatoms. The molecule has 0 unspecified atom stereocenters. The van der Waals surface area contributed by atoms with Crippen molar-refractivity contribution in [3.63, 3.8) is 0 Å². The van der Waals surface area contributed by atoms with Crippen LogP contribution < -0.4 is 4.90 Å². The summed E-state index contributed by atoms with van der Waals surface area (Å²) in [4.78, 5) is 13.3. The number of benzene rings is 4. The first-order valence-electron chi connectivity index (χ1n) is 11.2. The van der Waals surface area contributed by atoms with E-state index in [1.165, 1.54) is 5.56 Å². The number of hydrogen-bond donors (Lipinski definition) is 0. The van der Waals surface area contributed by atoms with Gasteiger partial charge in [0.2, 0.25) is 0 Å².